The molecule has 0 fully saturated rings. The molecule has 0 saturated heterocycles. The molecule has 21 heavy (non-hydrogen) atoms. The summed E-state index contributed by atoms with van der Waals surface area (Å²) in [6.45, 7) is 0.261. The predicted molar refractivity (Wildman–Crippen MR) is 86.5 cm³/mol. The van der Waals surface area contributed by atoms with Gasteiger partial charge in [0.2, 0.25) is 6.79 Å². The molecule has 0 aromatic heterocycles. The molecule has 0 radical (unpaired) electrons. The number of benzene rings is 2. The maximum absolute atomic E-state index is 6.35. The van der Waals surface area contributed by atoms with Crippen molar-refractivity contribution in [1.29, 1.82) is 0 Å². The van der Waals surface area contributed by atoms with Crippen LogP contribution >= 0.6 is 23.4 Å². The van der Waals surface area contributed by atoms with E-state index in [-0.39, 0.29) is 12.8 Å². The van der Waals surface area contributed by atoms with E-state index in [1.165, 1.54) is 11.1 Å². The normalized spacial score (nSPS) is 19.2. The van der Waals surface area contributed by atoms with Gasteiger partial charge in [-0.3, -0.25) is 0 Å². The second-order valence-corrected chi connectivity index (χ2v) is 6.53. The smallest absolute Gasteiger partial charge is 0.231 e. The number of fused-ring (bicyclic) bond motifs is 2. The Hall–Kier alpha value is -1.52. The summed E-state index contributed by atoms with van der Waals surface area (Å²) in [6, 6.07) is 12.6. The number of nitrogens with one attached hydrogen (secondary N) is 1. The molecule has 2 aromatic carbocycles. The first-order chi connectivity index (χ1) is 10.3. The standard InChI is InChI=1S/C16H14ClNO2S/c17-12-5-15-16(20-9-19-15)6-13(12)18-14-8-21-7-10-3-1-2-4-11(10)14/h1-6,14,18H,7-9H2. The summed E-state index contributed by atoms with van der Waals surface area (Å²) in [5.41, 5.74) is 3.64. The fourth-order valence-corrected chi connectivity index (χ4v) is 4.02. The van der Waals surface area contributed by atoms with Crippen LogP contribution in [0.15, 0.2) is 36.4 Å². The van der Waals surface area contributed by atoms with Gasteiger partial charge in [0.15, 0.2) is 11.5 Å². The predicted octanol–water partition coefficient (Wildman–Crippen LogP) is 4.47. The van der Waals surface area contributed by atoms with Crippen LogP contribution in [0.4, 0.5) is 5.69 Å². The lowest BCUT2D eigenvalue weighted by Gasteiger charge is -2.27. The molecule has 3 nitrogen and oxygen atoms in total. The largest absolute Gasteiger partial charge is 0.454 e. The minimum Gasteiger partial charge on any atom is -0.454 e. The molecule has 1 atom stereocenters. The van der Waals surface area contributed by atoms with E-state index in [1.54, 1.807) is 0 Å². The number of hydrogen-bond donors (Lipinski definition) is 1. The van der Waals surface area contributed by atoms with Crippen LogP contribution in [-0.4, -0.2) is 12.5 Å². The first-order valence-corrected chi connectivity index (χ1v) is 8.36. The van der Waals surface area contributed by atoms with Gasteiger partial charge in [0.25, 0.3) is 0 Å². The molecular formula is C16H14ClNO2S. The summed E-state index contributed by atoms with van der Waals surface area (Å²) in [5.74, 6) is 3.56. The number of hydrogen-bond acceptors (Lipinski definition) is 4. The van der Waals surface area contributed by atoms with Gasteiger partial charge in [0.1, 0.15) is 0 Å². The molecule has 0 amide bonds. The van der Waals surface area contributed by atoms with Crippen molar-refractivity contribution in [3.63, 3.8) is 0 Å². The minimum absolute atomic E-state index is 0.261. The first-order valence-electron chi connectivity index (χ1n) is 6.82. The van der Waals surface area contributed by atoms with Gasteiger partial charge in [-0.05, 0) is 11.1 Å². The molecule has 0 spiro atoms. The van der Waals surface area contributed by atoms with Gasteiger partial charge in [-0.25, -0.2) is 0 Å². The van der Waals surface area contributed by atoms with E-state index in [0.717, 1.165) is 22.9 Å². The van der Waals surface area contributed by atoms with Crippen LogP contribution in [-0.2, 0) is 5.75 Å². The second kappa shape index (κ2) is 5.35. The summed E-state index contributed by atoms with van der Waals surface area (Å²) >= 11 is 8.28. The van der Waals surface area contributed by atoms with Crippen molar-refractivity contribution in [2.45, 2.75) is 11.8 Å². The summed E-state index contributed by atoms with van der Waals surface area (Å²) < 4.78 is 10.8. The van der Waals surface area contributed by atoms with Crippen molar-refractivity contribution < 1.29 is 9.47 Å². The molecule has 2 aliphatic heterocycles. The maximum Gasteiger partial charge on any atom is 0.231 e. The number of ether oxygens (including phenoxy) is 2. The van der Waals surface area contributed by atoms with Gasteiger partial charge in [0, 0.05) is 23.6 Å². The summed E-state index contributed by atoms with van der Waals surface area (Å²) in [7, 11) is 0. The monoisotopic (exact) mass is 319 g/mol. The summed E-state index contributed by atoms with van der Waals surface area (Å²) in [4.78, 5) is 0. The van der Waals surface area contributed by atoms with Crippen LogP contribution in [0, 0.1) is 0 Å². The number of thioether (sulfide) groups is 1. The molecule has 0 aliphatic carbocycles. The Balaban J connectivity index is 1.65. The lowest BCUT2D eigenvalue weighted by Crippen LogP contribution is -2.18. The van der Waals surface area contributed by atoms with Crippen molar-refractivity contribution in [1.82, 2.24) is 0 Å². The molecule has 1 unspecified atom stereocenters. The van der Waals surface area contributed by atoms with Gasteiger partial charge in [0.05, 0.1) is 16.8 Å². The lowest BCUT2D eigenvalue weighted by molar-refractivity contribution is 0.174. The zero-order chi connectivity index (χ0) is 14.2. The Morgan fingerprint density at radius 3 is 2.86 bits per heavy atom. The van der Waals surface area contributed by atoms with Crippen molar-refractivity contribution in [3.8, 4) is 11.5 Å². The van der Waals surface area contributed by atoms with Crippen LogP contribution < -0.4 is 14.8 Å². The molecule has 108 valence electrons. The fourth-order valence-electron chi connectivity index (χ4n) is 2.72. The minimum atomic E-state index is 0.261. The molecule has 1 N–H and O–H groups in total. The van der Waals surface area contributed by atoms with Crippen molar-refractivity contribution in [2.75, 3.05) is 17.9 Å². The van der Waals surface area contributed by atoms with Crippen LogP contribution in [0.3, 0.4) is 0 Å². The quantitative estimate of drug-likeness (QED) is 0.884. The fraction of sp³-hybridized carbons (Fsp3) is 0.250. The highest BCUT2D eigenvalue weighted by molar-refractivity contribution is 7.98. The molecular weight excluding hydrogens is 306 g/mol. The SMILES string of the molecule is Clc1cc2c(cc1NC1CSCc3ccccc31)OCO2. The summed E-state index contributed by atoms with van der Waals surface area (Å²) in [6.07, 6.45) is 0. The third-order valence-corrected chi connectivity index (χ3v) is 5.16. The average Bonchev–Trinajstić information content (AvgIpc) is 2.95. The van der Waals surface area contributed by atoms with E-state index >= 15 is 0 Å². The summed E-state index contributed by atoms with van der Waals surface area (Å²) in [5, 5.41) is 4.21. The van der Waals surface area contributed by atoms with Crippen molar-refractivity contribution >= 4 is 29.1 Å². The van der Waals surface area contributed by atoms with Gasteiger partial charge >= 0.3 is 0 Å². The Morgan fingerprint density at radius 1 is 1.14 bits per heavy atom. The molecule has 5 heteroatoms. The average molecular weight is 320 g/mol. The lowest BCUT2D eigenvalue weighted by atomic mass is 10.0. The van der Waals surface area contributed by atoms with E-state index in [1.807, 2.05) is 23.9 Å². The van der Waals surface area contributed by atoms with E-state index in [9.17, 15) is 0 Å². The highest BCUT2D eigenvalue weighted by Gasteiger charge is 2.22. The number of halogens is 1. The van der Waals surface area contributed by atoms with Gasteiger partial charge in [-0.15, -0.1) is 0 Å². The highest BCUT2D eigenvalue weighted by Crippen LogP contribution is 2.41. The Bertz CT molecular complexity index is 692. The zero-order valence-corrected chi connectivity index (χ0v) is 12.8. The van der Waals surface area contributed by atoms with E-state index < -0.39 is 0 Å². The molecule has 4 rings (SSSR count). The highest BCUT2D eigenvalue weighted by atomic mass is 35.5. The van der Waals surface area contributed by atoms with Crippen molar-refractivity contribution in [2.24, 2.45) is 0 Å². The van der Waals surface area contributed by atoms with E-state index in [2.05, 4.69) is 29.6 Å². The Labute approximate surface area is 132 Å². The molecule has 2 aromatic rings. The third-order valence-electron chi connectivity index (χ3n) is 3.76. The van der Waals surface area contributed by atoms with E-state index in [0.29, 0.717) is 10.8 Å². The maximum atomic E-state index is 6.35. The third kappa shape index (κ3) is 2.43. The van der Waals surface area contributed by atoms with Crippen LogP contribution in [0.2, 0.25) is 5.02 Å². The molecule has 0 saturated carbocycles. The number of anilines is 1. The zero-order valence-electron chi connectivity index (χ0n) is 11.3. The first kappa shape index (κ1) is 13.2. The van der Waals surface area contributed by atoms with E-state index in [4.69, 9.17) is 21.1 Å². The van der Waals surface area contributed by atoms with Crippen LogP contribution in [0.1, 0.15) is 17.2 Å². The van der Waals surface area contributed by atoms with Gasteiger partial charge in [-0.2, -0.15) is 11.8 Å². The second-order valence-electron chi connectivity index (χ2n) is 5.10. The van der Waals surface area contributed by atoms with Crippen molar-refractivity contribution in [3.05, 3.63) is 52.5 Å². The Kier molecular flexibility index (Phi) is 3.36. The topological polar surface area (TPSA) is 30.5 Å². The molecule has 2 heterocycles. The van der Waals surface area contributed by atoms with Gasteiger partial charge in [-0.1, -0.05) is 35.9 Å². The van der Waals surface area contributed by atoms with Crippen LogP contribution in [0.25, 0.3) is 0 Å². The van der Waals surface area contributed by atoms with Crippen LogP contribution in [0.5, 0.6) is 11.5 Å². The number of rotatable bonds is 2. The molecule has 2 aliphatic rings. The molecule has 0 bridgehead atoms. The van der Waals surface area contributed by atoms with Gasteiger partial charge < -0.3 is 14.8 Å². The Morgan fingerprint density at radius 2 is 1.95 bits per heavy atom.